The minimum absolute atomic E-state index is 0.0826. The Labute approximate surface area is 151 Å². The standard InChI is InChI=1S/C20H19N3O3/c1-12-9-21-13(2)19(23-12)14-3-4-18-16(7-14)8-17(26-18)10-22-20(24)15-5-6-25-11-15/h3-7,9,11,17H,8,10H2,1-2H3,(H,22,24)/t17-/m0/s1. The summed E-state index contributed by atoms with van der Waals surface area (Å²) < 4.78 is 10.9. The predicted octanol–water partition coefficient (Wildman–Crippen LogP) is 3.09. The molecule has 1 amide bonds. The van der Waals surface area contributed by atoms with E-state index in [1.807, 2.05) is 26.0 Å². The first kappa shape index (κ1) is 16.3. The highest BCUT2D eigenvalue weighted by atomic mass is 16.5. The van der Waals surface area contributed by atoms with Crippen molar-refractivity contribution in [1.29, 1.82) is 0 Å². The van der Waals surface area contributed by atoms with Crippen LogP contribution in [0.5, 0.6) is 5.75 Å². The maximum Gasteiger partial charge on any atom is 0.254 e. The third-order valence-corrected chi connectivity index (χ3v) is 4.42. The normalized spacial score (nSPS) is 15.4. The third kappa shape index (κ3) is 3.18. The number of aromatic nitrogens is 2. The van der Waals surface area contributed by atoms with E-state index < -0.39 is 0 Å². The maximum atomic E-state index is 12.0. The topological polar surface area (TPSA) is 77.2 Å². The van der Waals surface area contributed by atoms with Crippen molar-refractivity contribution >= 4 is 5.91 Å². The molecule has 26 heavy (non-hydrogen) atoms. The Balaban J connectivity index is 1.46. The third-order valence-electron chi connectivity index (χ3n) is 4.42. The van der Waals surface area contributed by atoms with Gasteiger partial charge in [-0.1, -0.05) is 0 Å². The van der Waals surface area contributed by atoms with E-state index in [-0.39, 0.29) is 12.0 Å². The van der Waals surface area contributed by atoms with Crippen LogP contribution in [0.3, 0.4) is 0 Å². The molecule has 1 aliphatic rings. The summed E-state index contributed by atoms with van der Waals surface area (Å²) in [5.74, 6) is 0.694. The van der Waals surface area contributed by atoms with E-state index in [1.165, 1.54) is 12.5 Å². The van der Waals surface area contributed by atoms with E-state index in [1.54, 1.807) is 12.3 Å². The minimum Gasteiger partial charge on any atom is -0.488 e. The van der Waals surface area contributed by atoms with Crippen LogP contribution in [-0.4, -0.2) is 28.5 Å². The van der Waals surface area contributed by atoms with Crippen molar-refractivity contribution in [1.82, 2.24) is 15.3 Å². The number of rotatable bonds is 4. The molecule has 3 aromatic rings. The summed E-state index contributed by atoms with van der Waals surface area (Å²) in [7, 11) is 0. The molecule has 6 heteroatoms. The Morgan fingerprint density at radius 1 is 1.31 bits per heavy atom. The number of aryl methyl sites for hydroxylation is 2. The van der Waals surface area contributed by atoms with Gasteiger partial charge < -0.3 is 14.5 Å². The summed E-state index contributed by atoms with van der Waals surface area (Å²) in [6, 6.07) is 7.70. The number of ether oxygens (including phenoxy) is 1. The van der Waals surface area contributed by atoms with Gasteiger partial charge in [0, 0.05) is 18.2 Å². The number of hydrogen-bond donors (Lipinski definition) is 1. The summed E-state index contributed by atoms with van der Waals surface area (Å²) in [4.78, 5) is 21.0. The highest BCUT2D eigenvalue weighted by Crippen LogP contribution is 2.33. The SMILES string of the molecule is Cc1cnc(C)c(-c2ccc3c(c2)C[C@@H](CNC(=O)c2ccoc2)O3)n1. The number of nitrogens with one attached hydrogen (secondary N) is 1. The van der Waals surface area contributed by atoms with Crippen LogP contribution in [0.4, 0.5) is 0 Å². The molecule has 1 aromatic carbocycles. The molecule has 6 nitrogen and oxygen atoms in total. The molecule has 4 rings (SSSR count). The highest BCUT2D eigenvalue weighted by molar-refractivity contribution is 5.93. The lowest BCUT2D eigenvalue weighted by Crippen LogP contribution is -2.34. The fourth-order valence-corrected chi connectivity index (χ4v) is 3.09. The molecule has 1 aliphatic heterocycles. The Morgan fingerprint density at radius 2 is 2.19 bits per heavy atom. The molecule has 0 unspecified atom stereocenters. The molecule has 1 N–H and O–H groups in total. The van der Waals surface area contributed by atoms with E-state index in [9.17, 15) is 4.79 Å². The van der Waals surface area contributed by atoms with E-state index >= 15 is 0 Å². The van der Waals surface area contributed by atoms with Crippen LogP contribution in [0.25, 0.3) is 11.3 Å². The van der Waals surface area contributed by atoms with E-state index in [0.29, 0.717) is 12.1 Å². The van der Waals surface area contributed by atoms with Gasteiger partial charge in [0.2, 0.25) is 0 Å². The molecule has 3 heterocycles. The van der Waals surface area contributed by atoms with Crippen molar-refractivity contribution in [2.45, 2.75) is 26.4 Å². The van der Waals surface area contributed by atoms with Gasteiger partial charge in [-0.15, -0.1) is 0 Å². The molecule has 2 aromatic heterocycles. The fraction of sp³-hybridized carbons (Fsp3) is 0.250. The smallest absolute Gasteiger partial charge is 0.254 e. The molecule has 1 atom stereocenters. The van der Waals surface area contributed by atoms with Crippen molar-refractivity contribution in [2.24, 2.45) is 0 Å². The minimum atomic E-state index is -0.162. The number of amides is 1. The average molecular weight is 349 g/mol. The van der Waals surface area contributed by atoms with E-state index in [2.05, 4.69) is 21.4 Å². The number of carbonyl (C=O) groups excluding carboxylic acids is 1. The Kier molecular flexibility index (Phi) is 4.16. The van der Waals surface area contributed by atoms with Crippen LogP contribution in [0.15, 0.2) is 47.4 Å². The number of hydrogen-bond acceptors (Lipinski definition) is 5. The molecule has 0 saturated heterocycles. The quantitative estimate of drug-likeness (QED) is 0.783. The molecule has 0 bridgehead atoms. The van der Waals surface area contributed by atoms with Gasteiger partial charge in [0.05, 0.1) is 35.5 Å². The van der Waals surface area contributed by atoms with Gasteiger partial charge in [0.15, 0.2) is 0 Å². The molecule has 0 saturated carbocycles. The predicted molar refractivity (Wildman–Crippen MR) is 96.1 cm³/mol. The molecule has 0 spiro atoms. The monoisotopic (exact) mass is 349 g/mol. The number of furan rings is 1. The van der Waals surface area contributed by atoms with Crippen LogP contribution < -0.4 is 10.1 Å². The second-order valence-corrected chi connectivity index (χ2v) is 6.43. The Bertz CT molecular complexity index is 951. The summed E-state index contributed by atoms with van der Waals surface area (Å²) >= 11 is 0. The molecule has 0 aliphatic carbocycles. The summed E-state index contributed by atoms with van der Waals surface area (Å²) in [6.45, 7) is 4.34. The van der Waals surface area contributed by atoms with E-state index in [4.69, 9.17) is 9.15 Å². The largest absolute Gasteiger partial charge is 0.488 e. The number of nitrogens with zero attached hydrogens (tertiary/aromatic N) is 2. The summed E-state index contributed by atoms with van der Waals surface area (Å²) in [5.41, 5.74) is 5.35. The van der Waals surface area contributed by atoms with Crippen LogP contribution in [0.2, 0.25) is 0 Å². The first-order valence-electron chi connectivity index (χ1n) is 8.51. The van der Waals surface area contributed by atoms with Gasteiger partial charge in [0.1, 0.15) is 18.1 Å². The second kappa shape index (κ2) is 6.63. The maximum absolute atomic E-state index is 12.0. The lowest BCUT2D eigenvalue weighted by Gasteiger charge is -2.11. The Morgan fingerprint density at radius 3 is 3.00 bits per heavy atom. The zero-order valence-corrected chi connectivity index (χ0v) is 14.7. The first-order chi connectivity index (χ1) is 12.6. The Hall–Kier alpha value is -3.15. The van der Waals surface area contributed by atoms with Crippen molar-refractivity contribution in [3.63, 3.8) is 0 Å². The van der Waals surface area contributed by atoms with Crippen molar-refractivity contribution in [2.75, 3.05) is 6.54 Å². The van der Waals surface area contributed by atoms with Crippen LogP contribution in [0, 0.1) is 13.8 Å². The van der Waals surface area contributed by atoms with Gasteiger partial charge in [0.25, 0.3) is 5.91 Å². The van der Waals surface area contributed by atoms with Crippen molar-refractivity contribution in [3.8, 4) is 17.0 Å². The average Bonchev–Trinajstić information content (AvgIpc) is 3.30. The molecule has 0 radical (unpaired) electrons. The lowest BCUT2D eigenvalue weighted by molar-refractivity contribution is 0.0933. The zero-order valence-electron chi connectivity index (χ0n) is 14.7. The van der Waals surface area contributed by atoms with Gasteiger partial charge in [-0.3, -0.25) is 9.78 Å². The molecule has 0 fully saturated rings. The summed E-state index contributed by atoms with van der Waals surface area (Å²) in [6.07, 6.45) is 5.34. The lowest BCUT2D eigenvalue weighted by atomic mass is 10.0. The van der Waals surface area contributed by atoms with Gasteiger partial charge in [-0.05, 0) is 43.7 Å². The van der Waals surface area contributed by atoms with Crippen LogP contribution >= 0.6 is 0 Å². The van der Waals surface area contributed by atoms with Gasteiger partial charge >= 0.3 is 0 Å². The van der Waals surface area contributed by atoms with E-state index in [0.717, 1.165) is 40.4 Å². The summed E-state index contributed by atoms with van der Waals surface area (Å²) in [5, 5.41) is 2.88. The molecular formula is C20H19N3O3. The van der Waals surface area contributed by atoms with Gasteiger partial charge in [-0.25, -0.2) is 4.98 Å². The van der Waals surface area contributed by atoms with Crippen LogP contribution in [0.1, 0.15) is 27.3 Å². The van der Waals surface area contributed by atoms with Crippen molar-refractivity contribution in [3.05, 3.63) is 65.5 Å². The first-order valence-corrected chi connectivity index (χ1v) is 8.51. The number of benzene rings is 1. The zero-order chi connectivity index (χ0) is 18.1. The van der Waals surface area contributed by atoms with Crippen molar-refractivity contribution < 1.29 is 13.9 Å². The molecular weight excluding hydrogens is 330 g/mol. The highest BCUT2D eigenvalue weighted by Gasteiger charge is 2.24. The number of fused-ring (bicyclic) bond motifs is 1. The number of carbonyl (C=O) groups is 1. The van der Waals surface area contributed by atoms with Crippen LogP contribution in [-0.2, 0) is 6.42 Å². The molecule has 132 valence electrons. The fourth-order valence-electron chi connectivity index (χ4n) is 3.09. The second-order valence-electron chi connectivity index (χ2n) is 6.43. The van der Waals surface area contributed by atoms with Gasteiger partial charge in [-0.2, -0.15) is 0 Å².